The van der Waals surface area contributed by atoms with E-state index >= 15 is 0 Å². The van der Waals surface area contributed by atoms with E-state index in [1.165, 1.54) is 64.2 Å². The van der Waals surface area contributed by atoms with E-state index in [0.29, 0.717) is 10.8 Å². The van der Waals surface area contributed by atoms with Crippen molar-refractivity contribution >= 4 is 0 Å². The molecule has 4 aliphatic carbocycles. The van der Waals surface area contributed by atoms with Gasteiger partial charge in [-0.2, -0.15) is 0 Å². The van der Waals surface area contributed by atoms with E-state index in [2.05, 4.69) is 20.8 Å². The first-order valence-electron chi connectivity index (χ1n) is 13.3. The summed E-state index contributed by atoms with van der Waals surface area (Å²) in [6.07, 6.45) is 15.2. The molecule has 0 spiro atoms. The summed E-state index contributed by atoms with van der Waals surface area (Å²) in [6, 6.07) is 0. The predicted octanol–water partition coefficient (Wildman–Crippen LogP) is 7.10. The smallest absolute Gasteiger partial charge is 0.0591 e. The van der Waals surface area contributed by atoms with Gasteiger partial charge in [-0.05, 0) is 137 Å². The second-order valence-corrected chi connectivity index (χ2v) is 13.3. The van der Waals surface area contributed by atoms with Crippen molar-refractivity contribution in [2.24, 2.45) is 52.3 Å². The molecule has 2 nitrogen and oxygen atoms in total. The van der Waals surface area contributed by atoms with Crippen LogP contribution in [-0.2, 0) is 4.74 Å². The molecule has 4 unspecified atom stereocenters. The standard InChI is InChI=1S/C28H50O2/c1-19(11-14-26(2,3)29)23-9-10-24-22-8-7-21-17-20(18-30-6)12-15-27(21,4)25(22)13-16-28(23,24)5/h19-25,29H,7-18H2,1-6H3/t19-,20+,21+,22?,23?,24?,25?,27+,28-/m1/s1. The highest BCUT2D eigenvalue weighted by Gasteiger charge is 2.60. The number of methoxy groups -OCH3 is 1. The average molecular weight is 419 g/mol. The van der Waals surface area contributed by atoms with Crippen LogP contribution < -0.4 is 0 Å². The molecule has 0 aliphatic heterocycles. The van der Waals surface area contributed by atoms with Crippen molar-refractivity contribution in [3.8, 4) is 0 Å². The Balaban J connectivity index is 1.46. The summed E-state index contributed by atoms with van der Waals surface area (Å²) in [5, 5.41) is 10.2. The van der Waals surface area contributed by atoms with Gasteiger partial charge in [0.2, 0.25) is 0 Å². The Bertz CT molecular complexity index is 594. The van der Waals surface area contributed by atoms with E-state index in [4.69, 9.17) is 4.74 Å². The van der Waals surface area contributed by atoms with Crippen molar-refractivity contribution in [2.45, 2.75) is 111 Å². The van der Waals surface area contributed by atoms with Gasteiger partial charge in [-0.3, -0.25) is 0 Å². The Labute approximate surface area is 186 Å². The minimum absolute atomic E-state index is 0.514. The molecule has 30 heavy (non-hydrogen) atoms. The highest BCUT2D eigenvalue weighted by Crippen LogP contribution is 2.68. The fourth-order valence-electron chi connectivity index (χ4n) is 9.49. The number of rotatable bonds is 6. The monoisotopic (exact) mass is 418 g/mol. The number of fused-ring (bicyclic) bond motifs is 5. The maximum Gasteiger partial charge on any atom is 0.0591 e. The highest BCUT2D eigenvalue weighted by atomic mass is 16.5. The second-order valence-electron chi connectivity index (χ2n) is 13.3. The molecule has 4 rings (SSSR count). The minimum atomic E-state index is -0.514. The summed E-state index contributed by atoms with van der Waals surface area (Å²) in [5.74, 6) is 6.29. The van der Waals surface area contributed by atoms with Gasteiger partial charge in [0, 0.05) is 13.7 Å². The Kier molecular flexibility index (Phi) is 6.44. The second kappa shape index (κ2) is 8.36. The molecule has 0 radical (unpaired) electrons. The molecule has 4 saturated carbocycles. The summed E-state index contributed by atoms with van der Waals surface area (Å²) in [6.45, 7) is 12.8. The van der Waals surface area contributed by atoms with Crippen LogP contribution in [0.2, 0.25) is 0 Å². The van der Waals surface area contributed by atoms with Crippen molar-refractivity contribution in [3.05, 3.63) is 0 Å². The lowest BCUT2D eigenvalue weighted by molar-refractivity contribution is -0.124. The van der Waals surface area contributed by atoms with Crippen LogP contribution in [0.25, 0.3) is 0 Å². The topological polar surface area (TPSA) is 29.5 Å². The molecule has 1 N–H and O–H groups in total. The van der Waals surface area contributed by atoms with E-state index in [9.17, 15) is 5.11 Å². The summed E-state index contributed by atoms with van der Waals surface area (Å²) in [7, 11) is 1.88. The molecular formula is C28H50O2. The van der Waals surface area contributed by atoms with Gasteiger partial charge in [0.05, 0.1) is 5.60 Å². The van der Waals surface area contributed by atoms with Crippen LogP contribution in [0.1, 0.15) is 105 Å². The molecule has 0 bridgehead atoms. The van der Waals surface area contributed by atoms with Crippen LogP contribution in [0.4, 0.5) is 0 Å². The molecular weight excluding hydrogens is 368 g/mol. The first-order valence-corrected chi connectivity index (χ1v) is 13.3. The number of hydrogen-bond donors (Lipinski definition) is 1. The van der Waals surface area contributed by atoms with Crippen molar-refractivity contribution in [1.82, 2.24) is 0 Å². The zero-order valence-electron chi connectivity index (χ0n) is 20.9. The van der Waals surface area contributed by atoms with Crippen molar-refractivity contribution in [1.29, 1.82) is 0 Å². The van der Waals surface area contributed by atoms with Gasteiger partial charge in [-0.15, -0.1) is 0 Å². The molecule has 9 atom stereocenters. The molecule has 0 heterocycles. The third kappa shape index (κ3) is 4.02. The Hall–Kier alpha value is -0.0800. The molecule has 0 aromatic heterocycles. The van der Waals surface area contributed by atoms with Crippen LogP contribution in [0.5, 0.6) is 0 Å². The molecule has 0 saturated heterocycles. The Morgan fingerprint density at radius 2 is 1.67 bits per heavy atom. The molecule has 0 aromatic rings. The zero-order chi connectivity index (χ0) is 21.7. The lowest BCUT2D eigenvalue weighted by atomic mass is 9.44. The fraction of sp³-hybridized carbons (Fsp3) is 1.00. The van der Waals surface area contributed by atoms with E-state index in [1.54, 1.807) is 0 Å². The molecule has 4 aliphatic rings. The van der Waals surface area contributed by atoms with E-state index in [0.717, 1.165) is 54.5 Å². The van der Waals surface area contributed by atoms with Gasteiger partial charge in [0.15, 0.2) is 0 Å². The molecule has 2 heteroatoms. The third-order valence-electron chi connectivity index (χ3n) is 11.1. The van der Waals surface area contributed by atoms with E-state index in [-0.39, 0.29) is 0 Å². The average Bonchev–Trinajstić information content (AvgIpc) is 3.03. The van der Waals surface area contributed by atoms with Gasteiger partial charge in [-0.25, -0.2) is 0 Å². The maximum absolute atomic E-state index is 10.2. The first-order chi connectivity index (χ1) is 14.1. The van der Waals surface area contributed by atoms with Crippen LogP contribution >= 0.6 is 0 Å². The quantitative estimate of drug-likeness (QED) is 0.498. The van der Waals surface area contributed by atoms with Gasteiger partial charge >= 0.3 is 0 Å². The van der Waals surface area contributed by atoms with Crippen LogP contribution in [0, 0.1) is 52.3 Å². The highest BCUT2D eigenvalue weighted by molar-refractivity contribution is 5.09. The summed E-state index contributed by atoms with van der Waals surface area (Å²) in [5.41, 5.74) is 0.634. The SMILES string of the molecule is COC[C@H]1CC[C@]2(C)C3CC[C@@]4(C)C(CCC4[C@H](C)CCC(C)(C)O)C3CC[C@H]2C1. The lowest BCUT2D eigenvalue weighted by Crippen LogP contribution is -2.54. The first kappa shape index (κ1) is 23.1. The molecule has 0 amide bonds. The predicted molar refractivity (Wildman–Crippen MR) is 125 cm³/mol. The normalized spacial score (nSPS) is 47.3. The number of ether oxygens (including phenoxy) is 1. The summed E-state index contributed by atoms with van der Waals surface area (Å²) in [4.78, 5) is 0. The van der Waals surface area contributed by atoms with Gasteiger partial charge < -0.3 is 9.84 Å². The third-order valence-corrected chi connectivity index (χ3v) is 11.1. The molecule has 0 aromatic carbocycles. The number of hydrogen-bond acceptors (Lipinski definition) is 2. The summed E-state index contributed by atoms with van der Waals surface area (Å²) >= 11 is 0. The maximum atomic E-state index is 10.2. The zero-order valence-corrected chi connectivity index (χ0v) is 20.9. The van der Waals surface area contributed by atoms with Crippen molar-refractivity contribution in [3.63, 3.8) is 0 Å². The largest absolute Gasteiger partial charge is 0.390 e. The van der Waals surface area contributed by atoms with Crippen molar-refractivity contribution in [2.75, 3.05) is 13.7 Å². The number of aliphatic hydroxyl groups is 1. The molecule has 174 valence electrons. The van der Waals surface area contributed by atoms with Gasteiger partial charge in [-0.1, -0.05) is 20.8 Å². The van der Waals surface area contributed by atoms with Gasteiger partial charge in [0.1, 0.15) is 0 Å². The van der Waals surface area contributed by atoms with Crippen LogP contribution in [-0.4, -0.2) is 24.4 Å². The van der Waals surface area contributed by atoms with E-state index < -0.39 is 5.60 Å². The van der Waals surface area contributed by atoms with Crippen molar-refractivity contribution < 1.29 is 9.84 Å². The Morgan fingerprint density at radius 1 is 0.967 bits per heavy atom. The van der Waals surface area contributed by atoms with Crippen LogP contribution in [0.15, 0.2) is 0 Å². The Morgan fingerprint density at radius 3 is 2.37 bits per heavy atom. The fourth-order valence-corrected chi connectivity index (χ4v) is 9.49. The lowest BCUT2D eigenvalue weighted by Gasteiger charge is -2.61. The summed E-state index contributed by atoms with van der Waals surface area (Å²) < 4.78 is 5.53. The minimum Gasteiger partial charge on any atom is -0.390 e. The molecule has 4 fully saturated rings. The van der Waals surface area contributed by atoms with Crippen LogP contribution in [0.3, 0.4) is 0 Å². The van der Waals surface area contributed by atoms with Gasteiger partial charge in [0.25, 0.3) is 0 Å². The van der Waals surface area contributed by atoms with E-state index in [1.807, 2.05) is 21.0 Å².